The van der Waals surface area contributed by atoms with E-state index in [1.165, 1.54) is 16.2 Å². The summed E-state index contributed by atoms with van der Waals surface area (Å²) in [6.07, 6.45) is -3.03. The van der Waals surface area contributed by atoms with Crippen LogP contribution in [-0.2, 0) is 12.3 Å². The Balaban J connectivity index is 2.35. The molecule has 1 aromatic heterocycles. The third-order valence-electron chi connectivity index (χ3n) is 2.42. The molecule has 110 valence electrons. The highest BCUT2D eigenvalue weighted by Crippen LogP contribution is 2.17. The first kappa shape index (κ1) is 16.7. The van der Waals surface area contributed by atoms with Crippen molar-refractivity contribution < 1.29 is 18.3 Å². The van der Waals surface area contributed by atoms with Crippen molar-refractivity contribution in [2.75, 3.05) is 26.2 Å². The molecule has 0 aliphatic rings. The molecule has 1 rings (SSSR count). The van der Waals surface area contributed by atoms with Crippen molar-refractivity contribution in [3.63, 3.8) is 0 Å². The first-order valence-corrected chi connectivity index (χ1v) is 7.25. The summed E-state index contributed by atoms with van der Waals surface area (Å²) in [6, 6.07) is 0. The fourth-order valence-corrected chi connectivity index (χ4v) is 2.71. The molecule has 0 amide bonds. The predicted molar refractivity (Wildman–Crippen MR) is 69.6 cm³/mol. The molecule has 0 aliphatic heterocycles. The van der Waals surface area contributed by atoms with Gasteiger partial charge in [0.1, 0.15) is 0 Å². The minimum absolute atomic E-state index is 0.0321. The maximum Gasteiger partial charge on any atom is 0.401 e. The van der Waals surface area contributed by atoms with Crippen LogP contribution in [0.4, 0.5) is 13.2 Å². The summed E-state index contributed by atoms with van der Waals surface area (Å²) < 4.78 is 36.8. The number of rotatable bonds is 8. The van der Waals surface area contributed by atoms with E-state index in [0.717, 1.165) is 10.7 Å². The lowest BCUT2D eigenvalue weighted by molar-refractivity contribution is -0.146. The number of alkyl halides is 4. The third kappa shape index (κ3) is 7.10. The molecule has 8 heteroatoms. The van der Waals surface area contributed by atoms with Crippen LogP contribution in [0.2, 0.25) is 0 Å². The van der Waals surface area contributed by atoms with Gasteiger partial charge < -0.3 is 5.11 Å². The number of nitrogens with zero attached hydrogens (tertiary/aromatic N) is 2. The van der Waals surface area contributed by atoms with E-state index in [0.29, 0.717) is 18.7 Å². The topological polar surface area (TPSA) is 36.4 Å². The van der Waals surface area contributed by atoms with E-state index in [1.807, 2.05) is 5.38 Å². The summed E-state index contributed by atoms with van der Waals surface area (Å²) in [5, 5.41) is 11.5. The molecule has 0 aliphatic carbocycles. The zero-order valence-corrected chi connectivity index (χ0v) is 11.9. The number of hydrogen-bond acceptors (Lipinski definition) is 4. The number of aryl methyl sites for hydroxylation is 1. The van der Waals surface area contributed by atoms with Crippen LogP contribution in [0.25, 0.3) is 0 Å². The molecule has 0 aromatic carbocycles. The summed E-state index contributed by atoms with van der Waals surface area (Å²) in [4.78, 5) is 5.45. The number of thiazole rings is 1. The maximum atomic E-state index is 12.3. The van der Waals surface area contributed by atoms with E-state index in [9.17, 15) is 13.2 Å². The van der Waals surface area contributed by atoms with Crippen LogP contribution in [0, 0.1) is 0 Å². The Morgan fingerprint density at radius 1 is 1.37 bits per heavy atom. The fraction of sp³-hybridized carbons (Fsp3) is 0.727. The van der Waals surface area contributed by atoms with Gasteiger partial charge in [0, 0.05) is 18.3 Å². The highest BCUT2D eigenvalue weighted by Gasteiger charge is 2.30. The van der Waals surface area contributed by atoms with Gasteiger partial charge in [0.25, 0.3) is 0 Å². The van der Waals surface area contributed by atoms with E-state index in [-0.39, 0.29) is 19.7 Å². The SMILES string of the molecule is OCCN(CCCc1nc(CCl)cs1)CC(F)(F)F. The minimum atomic E-state index is -4.23. The Kier molecular flexibility index (Phi) is 7.06. The number of aliphatic hydroxyl groups is 1. The molecule has 0 spiro atoms. The van der Waals surface area contributed by atoms with E-state index in [1.54, 1.807) is 0 Å². The lowest BCUT2D eigenvalue weighted by atomic mass is 10.3. The van der Waals surface area contributed by atoms with E-state index >= 15 is 0 Å². The van der Waals surface area contributed by atoms with Crippen LogP contribution in [0.1, 0.15) is 17.1 Å². The van der Waals surface area contributed by atoms with Gasteiger partial charge in [-0.15, -0.1) is 22.9 Å². The molecular weight excluding hydrogens is 301 g/mol. The Bertz CT molecular complexity index is 373. The first-order valence-electron chi connectivity index (χ1n) is 5.84. The van der Waals surface area contributed by atoms with Gasteiger partial charge in [0.15, 0.2) is 0 Å². The predicted octanol–water partition coefficient (Wildman–Crippen LogP) is 2.67. The van der Waals surface area contributed by atoms with Gasteiger partial charge in [-0.05, 0) is 13.0 Å². The lowest BCUT2D eigenvalue weighted by Gasteiger charge is -2.22. The van der Waals surface area contributed by atoms with Crippen LogP contribution in [0.15, 0.2) is 5.38 Å². The fourth-order valence-electron chi connectivity index (χ4n) is 1.64. The van der Waals surface area contributed by atoms with Gasteiger partial charge in [-0.1, -0.05) is 0 Å². The molecule has 0 saturated heterocycles. The summed E-state index contributed by atoms with van der Waals surface area (Å²) in [7, 11) is 0. The quantitative estimate of drug-likeness (QED) is 0.749. The molecule has 1 heterocycles. The molecule has 1 N–H and O–H groups in total. The van der Waals surface area contributed by atoms with Crippen molar-refractivity contribution in [2.45, 2.75) is 24.9 Å². The molecule has 0 fully saturated rings. The average Bonchev–Trinajstić information content (AvgIpc) is 2.75. The lowest BCUT2D eigenvalue weighted by Crippen LogP contribution is -2.37. The molecule has 19 heavy (non-hydrogen) atoms. The molecule has 0 bridgehead atoms. The van der Waals surface area contributed by atoms with Crippen LogP contribution in [0.3, 0.4) is 0 Å². The van der Waals surface area contributed by atoms with Crippen molar-refractivity contribution >= 4 is 22.9 Å². The van der Waals surface area contributed by atoms with Crippen molar-refractivity contribution in [3.05, 3.63) is 16.1 Å². The third-order valence-corrected chi connectivity index (χ3v) is 3.65. The van der Waals surface area contributed by atoms with Gasteiger partial charge >= 0.3 is 6.18 Å². The summed E-state index contributed by atoms with van der Waals surface area (Å²) >= 11 is 7.09. The molecule has 0 unspecified atom stereocenters. The smallest absolute Gasteiger partial charge is 0.395 e. The van der Waals surface area contributed by atoms with Crippen LogP contribution < -0.4 is 0 Å². The molecule has 0 saturated carbocycles. The summed E-state index contributed by atoms with van der Waals surface area (Å²) in [5.41, 5.74) is 0.796. The normalized spacial score (nSPS) is 12.3. The monoisotopic (exact) mass is 316 g/mol. The Morgan fingerprint density at radius 3 is 2.63 bits per heavy atom. The summed E-state index contributed by atoms with van der Waals surface area (Å²) in [5.74, 6) is 0.348. The number of aliphatic hydroxyl groups excluding tert-OH is 1. The van der Waals surface area contributed by atoms with Gasteiger partial charge in [-0.25, -0.2) is 4.98 Å². The second-order valence-electron chi connectivity index (χ2n) is 4.08. The maximum absolute atomic E-state index is 12.3. The van der Waals surface area contributed by atoms with Crippen molar-refractivity contribution in [3.8, 4) is 0 Å². The molecular formula is C11H16ClF3N2OS. The number of aromatic nitrogens is 1. The van der Waals surface area contributed by atoms with Gasteiger partial charge in [-0.2, -0.15) is 13.2 Å². The van der Waals surface area contributed by atoms with Crippen LogP contribution in [0.5, 0.6) is 0 Å². The highest BCUT2D eigenvalue weighted by atomic mass is 35.5. The Labute approximate surface area is 119 Å². The molecule has 0 radical (unpaired) electrons. The van der Waals surface area contributed by atoms with Crippen LogP contribution >= 0.6 is 22.9 Å². The molecule has 0 atom stereocenters. The average molecular weight is 317 g/mol. The van der Waals surface area contributed by atoms with E-state index < -0.39 is 12.7 Å². The Hall–Kier alpha value is -0.370. The molecule has 3 nitrogen and oxygen atoms in total. The Morgan fingerprint density at radius 2 is 2.11 bits per heavy atom. The van der Waals surface area contributed by atoms with Gasteiger partial charge in [0.2, 0.25) is 0 Å². The van der Waals surface area contributed by atoms with E-state index in [4.69, 9.17) is 16.7 Å². The zero-order chi connectivity index (χ0) is 14.3. The van der Waals surface area contributed by atoms with Crippen molar-refractivity contribution in [1.29, 1.82) is 0 Å². The second-order valence-corrected chi connectivity index (χ2v) is 5.29. The van der Waals surface area contributed by atoms with Crippen molar-refractivity contribution in [2.24, 2.45) is 0 Å². The van der Waals surface area contributed by atoms with E-state index in [2.05, 4.69) is 4.98 Å². The first-order chi connectivity index (χ1) is 8.94. The second kappa shape index (κ2) is 8.04. The highest BCUT2D eigenvalue weighted by molar-refractivity contribution is 7.09. The van der Waals surface area contributed by atoms with Crippen molar-refractivity contribution in [1.82, 2.24) is 9.88 Å². The summed E-state index contributed by atoms with van der Waals surface area (Å²) in [6.45, 7) is -0.942. The standard InChI is InChI=1S/C11H16ClF3N2OS/c12-6-9-7-19-10(16-9)2-1-3-17(4-5-18)8-11(13,14)15/h7,18H,1-6,8H2. The molecule has 1 aromatic rings. The number of hydrogen-bond donors (Lipinski definition) is 1. The number of halogens is 4. The van der Waals surface area contributed by atoms with Crippen LogP contribution in [-0.4, -0.2) is 47.4 Å². The largest absolute Gasteiger partial charge is 0.401 e. The van der Waals surface area contributed by atoms with Gasteiger partial charge in [-0.3, -0.25) is 4.90 Å². The van der Waals surface area contributed by atoms with Gasteiger partial charge in [0.05, 0.1) is 29.7 Å². The zero-order valence-electron chi connectivity index (χ0n) is 10.3. The minimum Gasteiger partial charge on any atom is -0.395 e.